The number of hydrogen-bond donors (Lipinski definition) is 0. The molecule has 6 nitrogen and oxygen atoms in total. The Kier molecular flexibility index (Phi) is 5.31. The maximum absolute atomic E-state index is 12.3. The summed E-state index contributed by atoms with van der Waals surface area (Å²) in [5.41, 5.74) is 0.758. The van der Waals surface area contributed by atoms with Crippen LogP contribution in [0.5, 0.6) is 0 Å². The molecule has 0 spiro atoms. The molecule has 114 valence electrons. The number of benzene rings is 2. The molecule has 2 rings (SSSR count). The number of carbonyl (C=O) groups is 2. The highest BCUT2D eigenvalue weighted by atomic mass is 16.5. The Morgan fingerprint density at radius 2 is 1.48 bits per heavy atom. The fraction of sp³-hybridized carbons (Fsp3) is 0.118. The van der Waals surface area contributed by atoms with Crippen LogP contribution in [0.3, 0.4) is 0 Å². The number of hydrogen-bond acceptors (Lipinski definition) is 5. The molecule has 0 aliphatic heterocycles. The number of esters is 1. The third-order valence-electron chi connectivity index (χ3n) is 3.16. The summed E-state index contributed by atoms with van der Waals surface area (Å²) >= 11 is 0. The fourth-order valence-corrected chi connectivity index (χ4v) is 2.06. The van der Waals surface area contributed by atoms with E-state index in [1.807, 2.05) is 6.07 Å². The van der Waals surface area contributed by atoms with E-state index in [0.29, 0.717) is 5.56 Å². The third-order valence-corrected chi connectivity index (χ3v) is 3.16. The lowest BCUT2D eigenvalue weighted by Gasteiger charge is -2.15. The van der Waals surface area contributed by atoms with Crippen molar-refractivity contribution in [2.45, 2.75) is 12.0 Å². The van der Waals surface area contributed by atoms with E-state index in [4.69, 9.17) is 4.74 Å². The summed E-state index contributed by atoms with van der Waals surface area (Å²) in [6, 6.07) is 18.2. The van der Waals surface area contributed by atoms with Gasteiger partial charge in [0.25, 0.3) is 0 Å². The van der Waals surface area contributed by atoms with Crippen molar-refractivity contribution >= 4 is 11.9 Å². The lowest BCUT2D eigenvalue weighted by Crippen LogP contribution is -2.24. The van der Waals surface area contributed by atoms with Crippen molar-refractivity contribution in [2.24, 2.45) is 5.18 Å². The first-order valence-electron chi connectivity index (χ1n) is 6.74. The zero-order valence-corrected chi connectivity index (χ0v) is 12.0. The van der Waals surface area contributed by atoms with E-state index in [0.717, 1.165) is 0 Å². The van der Waals surface area contributed by atoms with Crippen molar-refractivity contribution in [2.75, 3.05) is 0 Å². The number of nitrogens with zero attached hydrogens (tertiary/aromatic N) is 2. The van der Waals surface area contributed by atoms with Crippen LogP contribution in [0.25, 0.3) is 0 Å². The predicted octanol–water partition coefficient (Wildman–Crippen LogP) is 2.87. The number of ether oxygens (including phenoxy) is 1. The Hall–Kier alpha value is -3.33. The minimum absolute atomic E-state index is 0.284. The largest absolute Gasteiger partial charge is 0.441 e. The van der Waals surface area contributed by atoms with Crippen LogP contribution in [0.2, 0.25) is 0 Å². The molecule has 0 bridgehead atoms. The maximum atomic E-state index is 12.3. The quantitative estimate of drug-likeness (QED) is 0.480. The molecule has 0 fully saturated rings. The zero-order chi connectivity index (χ0) is 16.7. The van der Waals surface area contributed by atoms with Gasteiger partial charge in [-0.3, -0.25) is 9.59 Å². The third kappa shape index (κ3) is 3.86. The van der Waals surface area contributed by atoms with Gasteiger partial charge in [-0.05, 0) is 5.56 Å². The van der Waals surface area contributed by atoms with Gasteiger partial charge in [-0.25, -0.2) is 0 Å². The summed E-state index contributed by atoms with van der Waals surface area (Å²) in [7, 11) is 0. The van der Waals surface area contributed by atoms with Crippen molar-refractivity contribution in [3.8, 4) is 6.07 Å². The molecule has 0 saturated carbocycles. The van der Waals surface area contributed by atoms with Crippen LogP contribution >= 0.6 is 0 Å². The Labute approximate surface area is 132 Å². The number of nitriles is 1. The predicted molar refractivity (Wildman–Crippen MR) is 80.9 cm³/mol. The number of rotatable bonds is 5. The van der Waals surface area contributed by atoms with Crippen LogP contribution in [0.4, 0.5) is 0 Å². The normalized spacial score (nSPS) is 12.5. The van der Waals surface area contributed by atoms with E-state index in [2.05, 4.69) is 5.18 Å². The van der Waals surface area contributed by atoms with Crippen LogP contribution in [-0.4, -0.2) is 11.9 Å². The second-order valence-corrected chi connectivity index (χ2v) is 4.63. The molecule has 0 N–H and O–H groups in total. The Morgan fingerprint density at radius 3 is 1.96 bits per heavy atom. The molecule has 0 radical (unpaired) electrons. The number of nitroso groups, excluding NO2 is 1. The summed E-state index contributed by atoms with van der Waals surface area (Å²) in [6.45, 7) is 0. The number of amides is 1. The van der Waals surface area contributed by atoms with Gasteiger partial charge in [-0.1, -0.05) is 60.7 Å². The van der Waals surface area contributed by atoms with Crippen molar-refractivity contribution in [1.82, 2.24) is 0 Å². The first-order chi connectivity index (χ1) is 11.2. The molecule has 0 saturated heterocycles. The average Bonchev–Trinajstić information content (AvgIpc) is 2.61. The van der Waals surface area contributed by atoms with Crippen molar-refractivity contribution in [3.05, 3.63) is 76.7 Å². The smallest absolute Gasteiger partial charge is 0.324 e. The topological polar surface area (TPSA) is 96.6 Å². The standard InChI is InChI=1S/C17H12N2O4/c18-11-14(12-7-3-1-4-8-12)23-17(21)15(16(20)19-22)13-9-5-2-6-10-13/h1-10,14-15H. The molecule has 23 heavy (non-hydrogen) atoms. The molecule has 2 atom stereocenters. The number of carbonyl (C=O) groups excluding carboxylic acids is 2. The second kappa shape index (κ2) is 7.61. The molecule has 2 aromatic carbocycles. The van der Waals surface area contributed by atoms with Crippen LogP contribution in [0.1, 0.15) is 23.1 Å². The van der Waals surface area contributed by atoms with Gasteiger partial charge in [0.15, 0.2) is 5.92 Å². The van der Waals surface area contributed by atoms with Gasteiger partial charge in [-0.2, -0.15) is 5.26 Å². The van der Waals surface area contributed by atoms with Crippen LogP contribution in [0.15, 0.2) is 65.8 Å². The van der Waals surface area contributed by atoms with Gasteiger partial charge in [0.2, 0.25) is 6.10 Å². The molecule has 1 amide bonds. The lowest BCUT2D eigenvalue weighted by atomic mass is 9.98. The van der Waals surface area contributed by atoms with Gasteiger partial charge < -0.3 is 4.74 Å². The van der Waals surface area contributed by atoms with Crippen molar-refractivity contribution < 1.29 is 14.3 Å². The molecule has 2 aromatic rings. The summed E-state index contributed by atoms with van der Waals surface area (Å²) < 4.78 is 5.11. The summed E-state index contributed by atoms with van der Waals surface area (Å²) in [5, 5.41) is 11.5. The first-order valence-corrected chi connectivity index (χ1v) is 6.74. The molecule has 6 heteroatoms. The van der Waals surface area contributed by atoms with Crippen molar-refractivity contribution in [1.29, 1.82) is 5.26 Å². The first kappa shape index (κ1) is 16.0. The maximum Gasteiger partial charge on any atom is 0.324 e. The van der Waals surface area contributed by atoms with Gasteiger partial charge in [0.05, 0.1) is 0 Å². The highest BCUT2D eigenvalue weighted by Gasteiger charge is 2.33. The van der Waals surface area contributed by atoms with Gasteiger partial charge >= 0.3 is 11.9 Å². The van der Waals surface area contributed by atoms with Crippen LogP contribution < -0.4 is 0 Å². The molecule has 0 aliphatic carbocycles. The molecule has 0 aromatic heterocycles. The summed E-state index contributed by atoms with van der Waals surface area (Å²) in [5.74, 6) is -3.63. The second-order valence-electron chi connectivity index (χ2n) is 4.63. The van der Waals surface area contributed by atoms with E-state index in [-0.39, 0.29) is 5.56 Å². The molecular formula is C17H12N2O4. The SMILES string of the molecule is N#CC(OC(=O)C(C(=O)N=O)c1ccccc1)c1ccccc1. The van der Waals surface area contributed by atoms with Crippen LogP contribution in [0, 0.1) is 16.2 Å². The van der Waals surface area contributed by atoms with E-state index >= 15 is 0 Å². The van der Waals surface area contributed by atoms with Crippen LogP contribution in [-0.2, 0) is 14.3 Å². The Balaban J connectivity index is 2.26. The monoisotopic (exact) mass is 308 g/mol. The van der Waals surface area contributed by atoms with E-state index in [1.165, 1.54) is 12.1 Å². The minimum Gasteiger partial charge on any atom is -0.441 e. The molecule has 0 heterocycles. The summed E-state index contributed by atoms with van der Waals surface area (Å²) in [6.07, 6.45) is -1.17. The van der Waals surface area contributed by atoms with Gasteiger partial charge in [0.1, 0.15) is 6.07 Å². The molecule has 2 unspecified atom stereocenters. The van der Waals surface area contributed by atoms with Crippen molar-refractivity contribution in [3.63, 3.8) is 0 Å². The summed E-state index contributed by atoms with van der Waals surface area (Å²) in [4.78, 5) is 34.6. The highest BCUT2D eigenvalue weighted by molar-refractivity contribution is 6.03. The fourth-order valence-electron chi connectivity index (χ4n) is 2.06. The van der Waals surface area contributed by atoms with E-state index in [9.17, 15) is 19.8 Å². The zero-order valence-electron chi connectivity index (χ0n) is 12.0. The molecule has 0 aliphatic rings. The minimum atomic E-state index is -1.48. The van der Waals surface area contributed by atoms with Gasteiger partial charge in [-0.15, -0.1) is 4.91 Å². The Bertz CT molecular complexity index is 738. The Morgan fingerprint density at radius 1 is 0.957 bits per heavy atom. The molecular weight excluding hydrogens is 296 g/mol. The van der Waals surface area contributed by atoms with E-state index < -0.39 is 23.9 Å². The average molecular weight is 308 g/mol. The highest BCUT2D eigenvalue weighted by Crippen LogP contribution is 2.24. The van der Waals surface area contributed by atoms with E-state index in [1.54, 1.807) is 48.5 Å². The lowest BCUT2D eigenvalue weighted by molar-refractivity contribution is -0.151. The van der Waals surface area contributed by atoms with Gasteiger partial charge in [0, 0.05) is 10.7 Å².